The third-order valence-electron chi connectivity index (χ3n) is 2.10. The van der Waals surface area contributed by atoms with E-state index in [1.54, 1.807) is 16.8 Å². The third kappa shape index (κ3) is 1.21. The average Bonchev–Trinajstić information content (AvgIpc) is 2.50. The van der Waals surface area contributed by atoms with E-state index in [1.165, 1.54) is 0 Å². The van der Waals surface area contributed by atoms with E-state index in [4.69, 9.17) is 0 Å². The number of hydrogen-bond acceptors (Lipinski definition) is 3. The highest BCUT2D eigenvalue weighted by atomic mass is 16.1. The Hall–Kier alpha value is -1.65. The van der Waals surface area contributed by atoms with Crippen LogP contribution in [0.25, 0.3) is 11.0 Å². The Labute approximate surface area is 80.7 Å². The molecule has 14 heavy (non-hydrogen) atoms. The second-order valence-corrected chi connectivity index (χ2v) is 4.22. The first-order valence-corrected chi connectivity index (χ1v) is 4.43. The van der Waals surface area contributed by atoms with Crippen LogP contribution in [0.1, 0.15) is 20.8 Å². The lowest BCUT2D eigenvalue weighted by Crippen LogP contribution is -2.33. The molecule has 2 rings (SSSR count). The van der Waals surface area contributed by atoms with Gasteiger partial charge in [0.25, 0.3) is 5.56 Å². The van der Waals surface area contributed by atoms with Crippen LogP contribution in [0.2, 0.25) is 0 Å². The van der Waals surface area contributed by atoms with Gasteiger partial charge >= 0.3 is 0 Å². The number of hydrogen-bond donors (Lipinski definition) is 1. The summed E-state index contributed by atoms with van der Waals surface area (Å²) in [5.74, 6) is 0. The molecule has 0 amide bonds. The predicted molar refractivity (Wildman–Crippen MR) is 53.1 cm³/mol. The van der Waals surface area contributed by atoms with Crippen LogP contribution in [-0.2, 0) is 5.54 Å². The highest BCUT2D eigenvalue weighted by molar-refractivity contribution is 5.71. The highest BCUT2D eigenvalue weighted by Gasteiger charge is 2.16. The monoisotopic (exact) mass is 192 g/mol. The second-order valence-electron chi connectivity index (χ2n) is 4.22. The fraction of sp³-hybridized carbons (Fsp3) is 0.444. The molecule has 0 saturated heterocycles. The normalized spacial score (nSPS) is 12.2. The Bertz CT molecular complexity index is 517. The van der Waals surface area contributed by atoms with E-state index in [2.05, 4.69) is 15.4 Å². The van der Waals surface area contributed by atoms with Crippen molar-refractivity contribution in [3.8, 4) is 0 Å². The van der Waals surface area contributed by atoms with E-state index in [0.29, 0.717) is 11.0 Å². The van der Waals surface area contributed by atoms with E-state index in [0.717, 1.165) is 0 Å². The summed E-state index contributed by atoms with van der Waals surface area (Å²) < 4.78 is 1.65. The average molecular weight is 192 g/mol. The second kappa shape index (κ2) is 2.67. The van der Waals surface area contributed by atoms with Gasteiger partial charge < -0.3 is 4.57 Å². The van der Waals surface area contributed by atoms with Gasteiger partial charge in [-0.25, -0.2) is 0 Å². The van der Waals surface area contributed by atoms with Gasteiger partial charge in [0.2, 0.25) is 0 Å². The third-order valence-corrected chi connectivity index (χ3v) is 2.10. The van der Waals surface area contributed by atoms with Gasteiger partial charge in [-0.15, -0.1) is 0 Å². The number of fused-ring (bicyclic) bond motifs is 1. The van der Waals surface area contributed by atoms with E-state index >= 15 is 0 Å². The lowest BCUT2D eigenvalue weighted by Gasteiger charge is -2.21. The molecule has 74 valence electrons. The number of rotatable bonds is 0. The van der Waals surface area contributed by atoms with Gasteiger partial charge in [-0.3, -0.25) is 4.79 Å². The molecule has 0 unspecified atom stereocenters. The van der Waals surface area contributed by atoms with Crippen molar-refractivity contribution in [2.45, 2.75) is 26.3 Å². The number of aromatic nitrogens is 4. The molecule has 0 saturated carbocycles. The van der Waals surface area contributed by atoms with Gasteiger partial charge in [0.05, 0.1) is 0 Å². The van der Waals surface area contributed by atoms with E-state index in [-0.39, 0.29) is 11.1 Å². The molecule has 2 aromatic heterocycles. The van der Waals surface area contributed by atoms with Gasteiger partial charge in [0.15, 0.2) is 5.52 Å². The zero-order valence-electron chi connectivity index (χ0n) is 8.40. The van der Waals surface area contributed by atoms with Crippen molar-refractivity contribution < 1.29 is 0 Å². The van der Waals surface area contributed by atoms with Crippen LogP contribution in [0.4, 0.5) is 0 Å². The molecule has 0 aromatic carbocycles. The van der Waals surface area contributed by atoms with Gasteiger partial charge in [-0.1, -0.05) is 0 Å². The summed E-state index contributed by atoms with van der Waals surface area (Å²) in [7, 11) is 0. The minimum atomic E-state index is -0.232. The van der Waals surface area contributed by atoms with Crippen LogP contribution in [0.3, 0.4) is 0 Å². The van der Waals surface area contributed by atoms with Crippen LogP contribution in [0.15, 0.2) is 17.1 Å². The molecule has 5 heteroatoms. The molecule has 2 aromatic rings. The molecule has 0 fully saturated rings. The number of pyridine rings is 1. The Morgan fingerprint density at radius 1 is 1.36 bits per heavy atom. The van der Waals surface area contributed by atoms with E-state index in [9.17, 15) is 4.79 Å². The number of nitrogens with one attached hydrogen (secondary N) is 1. The Morgan fingerprint density at radius 3 is 2.71 bits per heavy atom. The van der Waals surface area contributed by atoms with E-state index in [1.807, 2.05) is 20.8 Å². The molecule has 5 nitrogen and oxygen atoms in total. The van der Waals surface area contributed by atoms with Crippen molar-refractivity contribution in [2.24, 2.45) is 0 Å². The van der Waals surface area contributed by atoms with Crippen molar-refractivity contribution in [3.05, 3.63) is 22.6 Å². The van der Waals surface area contributed by atoms with Crippen molar-refractivity contribution in [1.82, 2.24) is 20.0 Å². The van der Waals surface area contributed by atoms with Crippen LogP contribution < -0.4 is 5.56 Å². The minimum absolute atomic E-state index is 0.108. The summed E-state index contributed by atoms with van der Waals surface area (Å²) in [4.78, 5) is 11.9. The summed E-state index contributed by atoms with van der Waals surface area (Å²) >= 11 is 0. The molecule has 0 atom stereocenters. The summed E-state index contributed by atoms with van der Waals surface area (Å²) in [6.07, 6.45) is 1.74. The maximum absolute atomic E-state index is 11.9. The first-order valence-electron chi connectivity index (χ1n) is 4.43. The van der Waals surface area contributed by atoms with Gasteiger partial charge in [-0.05, 0) is 26.8 Å². The van der Waals surface area contributed by atoms with Crippen LogP contribution in [0, 0.1) is 0 Å². The predicted octanol–water partition coefficient (Wildman–Crippen LogP) is 0.875. The number of nitrogens with zero attached hydrogens (tertiary/aromatic N) is 3. The maximum Gasteiger partial charge on any atom is 0.281 e. The molecule has 0 aliphatic heterocycles. The van der Waals surface area contributed by atoms with Crippen LogP contribution in [-0.4, -0.2) is 20.0 Å². The summed E-state index contributed by atoms with van der Waals surface area (Å²) in [6.45, 7) is 5.92. The molecule has 2 heterocycles. The highest BCUT2D eigenvalue weighted by Crippen LogP contribution is 2.12. The largest absolute Gasteiger partial charge is 0.308 e. The fourth-order valence-electron chi connectivity index (χ4n) is 1.37. The lowest BCUT2D eigenvalue weighted by atomic mass is 10.1. The first-order chi connectivity index (χ1) is 6.50. The molecule has 0 aliphatic rings. The van der Waals surface area contributed by atoms with Crippen molar-refractivity contribution in [3.63, 3.8) is 0 Å². The SMILES string of the molecule is CC(C)(C)n1ccc2n[nH]nc2c1=O. The fourth-order valence-corrected chi connectivity index (χ4v) is 1.37. The molecule has 1 N–H and O–H groups in total. The Kier molecular flexibility index (Phi) is 1.70. The Balaban J connectivity index is 2.81. The first kappa shape index (κ1) is 8.93. The molecular formula is C9H12N4O. The molecule has 0 spiro atoms. The summed E-state index contributed by atoms with van der Waals surface area (Å²) in [6, 6.07) is 1.78. The number of H-pyrrole nitrogens is 1. The summed E-state index contributed by atoms with van der Waals surface area (Å²) in [5, 5.41) is 10.1. The molecular weight excluding hydrogens is 180 g/mol. The Morgan fingerprint density at radius 2 is 2.07 bits per heavy atom. The molecule has 0 aliphatic carbocycles. The summed E-state index contributed by atoms with van der Waals surface area (Å²) in [5.41, 5.74) is 0.659. The van der Waals surface area contributed by atoms with E-state index < -0.39 is 0 Å². The number of aromatic amines is 1. The van der Waals surface area contributed by atoms with Crippen LogP contribution >= 0.6 is 0 Å². The smallest absolute Gasteiger partial charge is 0.281 e. The van der Waals surface area contributed by atoms with Crippen LogP contribution in [0.5, 0.6) is 0 Å². The quantitative estimate of drug-likeness (QED) is 0.673. The standard InChI is InChI=1S/C9H12N4O/c1-9(2,3)13-5-4-6-7(8(13)14)11-12-10-6/h4-5H,1-3H3,(H,10,11,12). The van der Waals surface area contributed by atoms with Crippen molar-refractivity contribution in [1.29, 1.82) is 0 Å². The topological polar surface area (TPSA) is 63.6 Å². The molecule has 0 bridgehead atoms. The lowest BCUT2D eigenvalue weighted by molar-refractivity contribution is 0.386. The van der Waals surface area contributed by atoms with Crippen molar-refractivity contribution in [2.75, 3.05) is 0 Å². The van der Waals surface area contributed by atoms with Gasteiger partial charge in [-0.2, -0.15) is 15.4 Å². The maximum atomic E-state index is 11.9. The van der Waals surface area contributed by atoms with Crippen molar-refractivity contribution >= 4 is 11.0 Å². The van der Waals surface area contributed by atoms with Gasteiger partial charge in [0.1, 0.15) is 5.52 Å². The zero-order valence-corrected chi connectivity index (χ0v) is 8.40. The zero-order chi connectivity index (χ0) is 10.3. The molecule has 0 radical (unpaired) electrons. The van der Waals surface area contributed by atoms with Gasteiger partial charge in [0, 0.05) is 11.7 Å². The minimum Gasteiger partial charge on any atom is -0.308 e.